The van der Waals surface area contributed by atoms with E-state index < -0.39 is 0 Å². The van der Waals surface area contributed by atoms with Crippen LogP contribution in [0.4, 0.5) is 5.69 Å². The summed E-state index contributed by atoms with van der Waals surface area (Å²) in [6.45, 7) is 6.88. The van der Waals surface area contributed by atoms with Crippen LogP contribution in [0.3, 0.4) is 0 Å². The third-order valence-electron chi connectivity index (χ3n) is 3.61. The highest BCUT2D eigenvalue weighted by Crippen LogP contribution is 2.25. The van der Waals surface area contributed by atoms with Gasteiger partial charge in [-0.3, -0.25) is 4.90 Å². The molecule has 1 aromatic carbocycles. The Morgan fingerprint density at radius 3 is 2.76 bits per heavy atom. The fourth-order valence-electron chi connectivity index (χ4n) is 2.60. The van der Waals surface area contributed by atoms with Crippen LogP contribution in [0.15, 0.2) is 22.7 Å². The number of piperidine rings is 1. The van der Waals surface area contributed by atoms with Crippen molar-refractivity contribution in [3.05, 3.63) is 28.2 Å². The van der Waals surface area contributed by atoms with Crippen molar-refractivity contribution in [2.75, 3.05) is 12.3 Å². The van der Waals surface area contributed by atoms with Crippen LogP contribution in [0.5, 0.6) is 0 Å². The quantitative estimate of drug-likeness (QED) is 0.844. The zero-order valence-electron chi connectivity index (χ0n) is 10.6. The average Bonchev–Trinajstić information content (AvgIpc) is 2.22. The number of hydrogen-bond acceptors (Lipinski definition) is 2. The Morgan fingerprint density at radius 1 is 1.29 bits per heavy atom. The van der Waals surface area contributed by atoms with Gasteiger partial charge in [0.15, 0.2) is 0 Å². The molecule has 0 aliphatic carbocycles. The fraction of sp³-hybridized carbons (Fsp3) is 0.571. The number of likely N-dealkylation sites (tertiary alicyclic amines) is 1. The summed E-state index contributed by atoms with van der Waals surface area (Å²) in [7, 11) is 0. The van der Waals surface area contributed by atoms with E-state index in [1.165, 1.54) is 24.9 Å². The topological polar surface area (TPSA) is 29.3 Å². The van der Waals surface area contributed by atoms with E-state index in [2.05, 4.69) is 46.8 Å². The van der Waals surface area contributed by atoms with Gasteiger partial charge in [-0.2, -0.15) is 0 Å². The third-order valence-corrected chi connectivity index (χ3v) is 4.07. The lowest BCUT2D eigenvalue weighted by Crippen LogP contribution is -2.40. The Balaban J connectivity index is 2.08. The Morgan fingerprint density at radius 2 is 2.06 bits per heavy atom. The van der Waals surface area contributed by atoms with Gasteiger partial charge in [0.05, 0.1) is 0 Å². The number of rotatable bonds is 2. The first kappa shape index (κ1) is 12.9. The molecule has 0 bridgehead atoms. The lowest BCUT2D eigenvalue weighted by Gasteiger charge is -2.36. The van der Waals surface area contributed by atoms with E-state index in [1.807, 2.05) is 6.07 Å². The molecule has 3 heteroatoms. The highest BCUT2D eigenvalue weighted by Gasteiger charge is 2.22. The van der Waals surface area contributed by atoms with Crippen LogP contribution in [0.25, 0.3) is 0 Å². The highest BCUT2D eigenvalue weighted by atomic mass is 79.9. The van der Waals surface area contributed by atoms with Crippen molar-refractivity contribution in [1.29, 1.82) is 0 Å². The van der Waals surface area contributed by atoms with E-state index in [0.717, 1.165) is 22.6 Å². The number of nitrogens with two attached hydrogens (primary N) is 1. The molecule has 2 rings (SSSR count). The van der Waals surface area contributed by atoms with Crippen LogP contribution in [-0.2, 0) is 6.54 Å². The van der Waals surface area contributed by atoms with E-state index in [1.54, 1.807) is 0 Å². The van der Waals surface area contributed by atoms with E-state index in [0.29, 0.717) is 6.04 Å². The number of hydrogen-bond donors (Lipinski definition) is 1. The normalized spacial score (nSPS) is 26.1. The van der Waals surface area contributed by atoms with Crippen LogP contribution in [-0.4, -0.2) is 17.5 Å². The summed E-state index contributed by atoms with van der Waals surface area (Å²) in [5, 5.41) is 0. The van der Waals surface area contributed by atoms with Gasteiger partial charge in [-0.15, -0.1) is 0 Å². The molecule has 2 nitrogen and oxygen atoms in total. The maximum Gasteiger partial charge on any atom is 0.0328 e. The lowest BCUT2D eigenvalue weighted by molar-refractivity contribution is 0.117. The molecule has 2 unspecified atom stereocenters. The van der Waals surface area contributed by atoms with Crippen molar-refractivity contribution in [2.24, 2.45) is 5.92 Å². The van der Waals surface area contributed by atoms with Crippen molar-refractivity contribution < 1.29 is 0 Å². The van der Waals surface area contributed by atoms with Crippen molar-refractivity contribution in [3.63, 3.8) is 0 Å². The maximum atomic E-state index is 5.88. The number of benzene rings is 1. The Kier molecular flexibility index (Phi) is 4.10. The molecule has 17 heavy (non-hydrogen) atoms. The molecule has 1 heterocycles. The number of nitrogens with zero attached hydrogens (tertiary/aromatic N) is 1. The second kappa shape index (κ2) is 5.40. The molecule has 0 radical (unpaired) electrons. The summed E-state index contributed by atoms with van der Waals surface area (Å²) in [5.74, 6) is 0.815. The molecule has 0 spiro atoms. The summed E-state index contributed by atoms with van der Waals surface area (Å²) in [5.41, 5.74) is 8.02. The molecule has 1 fully saturated rings. The first-order chi connectivity index (χ1) is 8.04. The molecule has 94 valence electrons. The van der Waals surface area contributed by atoms with E-state index in [-0.39, 0.29) is 0 Å². The van der Waals surface area contributed by atoms with Crippen LogP contribution in [0.1, 0.15) is 32.3 Å². The van der Waals surface area contributed by atoms with Gasteiger partial charge in [-0.25, -0.2) is 0 Å². The smallest absolute Gasteiger partial charge is 0.0328 e. The second-order valence-electron chi connectivity index (χ2n) is 5.35. The van der Waals surface area contributed by atoms with E-state index in [9.17, 15) is 0 Å². The molecule has 1 aromatic rings. The molecule has 1 aliphatic rings. The van der Waals surface area contributed by atoms with Gasteiger partial charge < -0.3 is 5.73 Å². The lowest BCUT2D eigenvalue weighted by atomic mass is 9.94. The van der Waals surface area contributed by atoms with Gasteiger partial charge in [0.2, 0.25) is 0 Å². The van der Waals surface area contributed by atoms with Gasteiger partial charge in [0, 0.05) is 29.3 Å². The minimum absolute atomic E-state index is 0.686. The zero-order chi connectivity index (χ0) is 12.4. The van der Waals surface area contributed by atoms with E-state index in [4.69, 9.17) is 5.73 Å². The van der Waals surface area contributed by atoms with Crippen LogP contribution in [0, 0.1) is 5.92 Å². The predicted octanol–water partition coefficient (Wildman–Crippen LogP) is 3.65. The molecular formula is C14H21BrN2. The molecule has 0 aromatic heterocycles. The number of halogens is 1. The Hall–Kier alpha value is -0.540. The van der Waals surface area contributed by atoms with Crippen molar-refractivity contribution >= 4 is 21.6 Å². The van der Waals surface area contributed by atoms with Crippen molar-refractivity contribution in [3.8, 4) is 0 Å². The monoisotopic (exact) mass is 296 g/mol. The molecule has 2 N–H and O–H groups in total. The van der Waals surface area contributed by atoms with Crippen LogP contribution in [0.2, 0.25) is 0 Å². The SMILES string of the molecule is CC1CCC(C)N(Cc2cc(N)cc(Br)c2)C1. The summed E-state index contributed by atoms with van der Waals surface area (Å²) in [4.78, 5) is 2.56. The van der Waals surface area contributed by atoms with E-state index >= 15 is 0 Å². The molecular weight excluding hydrogens is 276 g/mol. The third kappa shape index (κ3) is 3.46. The highest BCUT2D eigenvalue weighted by molar-refractivity contribution is 9.10. The minimum atomic E-state index is 0.686. The largest absolute Gasteiger partial charge is 0.399 e. The Bertz CT molecular complexity index is 372. The van der Waals surface area contributed by atoms with Crippen LogP contribution < -0.4 is 5.73 Å². The minimum Gasteiger partial charge on any atom is -0.399 e. The standard InChI is InChI=1S/C14H21BrN2/c1-10-3-4-11(2)17(8-10)9-12-5-13(15)7-14(16)6-12/h5-7,10-11H,3-4,8-9,16H2,1-2H3. The van der Waals surface area contributed by atoms with Crippen molar-refractivity contribution in [2.45, 2.75) is 39.3 Å². The zero-order valence-corrected chi connectivity index (χ0v) is 12.2. The average molecular weight is 297 g/mol. The maximum absolute atomic E-state index is 5.88. The first-order valence-corrected chi connectivity index (χ1v) is 7.13. The molecule has 1 aliphatic heterocycles. The molecule has 0 saturated carbocycles. The molecule has 0 amide bonds. The van der Waals surface area contributed by atoms with Gasteiger partial charge in [-0.1, -0.05) is 22.9 Å². The van der Waals surface area contributed by atoms with Gasteiger partial charge >= 0.3 is 0 Å². The summed E-state index contributed by atoms with van der Waals surface area (Å²) < 4.78 is 1.07. The van der Waals surface area contributed by atoms with Gasteiger partial charge in [0.25, 0.3) is 0 Å². The second-order valence-corrected chi connectivity index (χ2v) is 6.27. The molecule has 2 atom stereocenters. The summed E-state index contributed by atoms with van der Waals surface area (Å²) in [6.07, 6.45) is 2.67. The Labute approximate surface area is 112 Å². The number of nitrogen functional groups attached to an aromatic ring is 1. The van der Waals surface area contributed by atoms with Crippen LogP contribution >= 0.6 is 15.9 Å². The van der Waals surface area contributed by atoms with Crippen molar-refractivity contribution in [1.82, 2.24) is 4.90 Å². The summed E-state index contributed by atoms with van der Waals surface area (Å²) >= 11 is 3.51. The predicted molar refractivity (Wildman–Crippen MR) is 76.8 cm³/mol. The first-order valence-electron chi connectivity index (χ1n) is 6.33. The summed E-state index contributed by atoms with van der Waals surface area (Å²) in [6, 6.07) is 6.89. The fourth-order valence-corrected chi connectivity index (χ4v) is 3.16. The van der Waals surface area contributed by atoms with Gasteiger partial charge in [-0.05, 0) is 49.4 Å². The number of anilines is 1. The van der Waals surface area contributed by atoms with Gasteiger partial charge in [0.1, 0.15) is 0 Å². The molecule has 1 saturated heterocycles.